The summed E-state index contributed by atoms with van der Waals surface area (Å²) in [5.74, 6) is 1.40. The fourth-order valence-electron chi connectivity index (χ4n) is 4.54. The van der Waals surface area contributed by atoms with E-state index in [1.165, 1.54) is 0 Å². The van der Waals surface area contributed by atoms with Crippen molar-refractivity contribution >= 4 is 26.5 Å². The summed E-state index contributed by atoms with van der Waals surface area (Å²) in [5, 5.41) is 2.99. The molecule has 1 aliphatic rings. The zero-order chi connectivity index (χ0) is 24.5. The zero-order valence-electron chi connectivity index (χ0n) is 20.3. The van der Waals surface area contributed by atoms with E-state index in [4.69, 9.17) is 14.5 Å². The molecule has 0 amide bonds. The molecule has 0 spiro atoms. The number of methoxy groups -OCH3 is 2. The van der Waals surface area contributed by atoms with Crippen LogP contribution in [0, 0.1) is 20.8 Å². The lowest BCUT2D eigenvalue weighted by atomic mass is 10.1. The van der Waals surface area contributed by atoms with Gasteiger partial charge in [-0.3, -0.25) is 0 Å². The molecule has 9 heteroatoms. The maximum atomic E-state index is 13.4. The van der Waals surface area contributed by atoms with E-state index in [1.807, 2.05) is 51.1 Å². The molecule has 0 bridgehead atoms. The molecule has 182 valence electrons. The van der Waals surface area contributed by atoms with E-state index < -0.39 is 10.0 Å². The van der Waals surface area contributed by atoms with Gasteiger partial charge in [0, 0.05) is 38.0 Å². The van der Waals surface area contributed by atoms with Gasteiger partial charge in [-0.1, -0.05) is 23.8 Å². The van der Waals surface area contributed by atoms with Crippen molar-refractivity contribution in [1.82, 2.24) is 9.29 Å². The predicted octanol–water partition coefficient (Wildman–Crippen LogP) is 4.19. The Bertz CT molecular complexity index is 1260. The van der Waals surface area contributed by atoms with Gasteiger partial charge < -0.3 is 14.4 Å². The maximum Gasteiger partial charge on any atom is 0.243 e. The van der Waals surface area contributed by atoms with E-state index >= 15 is 0 Å². The Kier molecular flexibility index (Phi) is 7.16. The molecule has 0 unspecified atom stereocenters. The second-order valence-electron chi connectivity index (χ2n) is 8.61. The first-order chi connectivity index (χ1) is 16.2. The zero-order valence-corrected chi connectivity index (χ0v) is 21.9. The highest BCUT2D eigenvalue weighted by Crippen LogP contribution is 2.31. The van der Waals surface area contributed by atoms with Crippen LogP contribution in [0.5, 0.6) is 11.5 Å². The summed E-state index contributed by atoms with van der Waals surface area (Å²) in [6.45, 7) is 7.86. The van der Waals surface area contributed by atoms with E-state index in [2.05, 4.69) is 10.3 Å². The largest absolute Gasteiger partial charge is 0.493 e. The molecule has 1 fully saturated rings. The molecule has 2 heterocycles. The summed E-state index contributed by atoms with van der Waals surface area (Å²) < 4.78 is 39.0. The molecule has 7 nitrogen and oxygen atoms in total. The van der Waals surface area contributed by atoms with Crippen molar-refractivity contribution in [1.29, 1.82) is 0 Å². The molecule has 0 aliphatic carbocycles. The van der Waals surface area contributed by atoms with Crippen LogP contribution in [0.15, 0.2) is 40.6 Å². The molecular weight excluding hydrogens is 470 g/mol. The third-order valence-corrected chi connectivity index (χ3v) is 9.24. The molecule has 1 aliphatic heterocycles. The van der Waals surface area contributed by atoms with E-state index in [9.17, 15) is 8.42 Å². The quantitative estimate of drug-likeness (QED) is 0.484. The van der Waals surface area contributed by atoms with Crippen LogP contribution in [-0.2, 0) is 16.4 Å². The van der Waals surface area contributed by atoms with Crippen molar-refractivity contribution in [3.63, 3.8) is 0 Å². The van der Waals surface area contributed by atoms with Crippen molar-refractivity contribution in [3.8, 4) is 11.5 Å². The van der Waals surface area contributed by atoms with Gasteiger partial charge in [0.1, 0.15) is 0 Å². The highest BCUT2D eigenvalue weighted by atomic mass is 32.2. The Morgan fingerprint density at radius 3 is 2.21 bits per heavy atom. The lowest BCUT2D eigenvalue weighted by Gasteiger charge is -2.34. The number of hydrogen-bond donors (Lipinski definition) is 0. The fraction of sp³-hybridized carbons (Fsp3) is 0.400. The number of ether oxygens (including phenoxy) is 2. The van der Waals surface area contributed by atoms with Gasteiger partial charge in [0.15, 0.2) is 16.6 Å². The molecule has 0 N–H and O–H groups in total. The molecule has 3 aromatic rings. The molecule has 2 aromatic carbocycles. The lowest BCUT2D eigenvalue weighted by Crippen LogP contribution is -2.48. The first kappa shape index (κ1) is 24.5. The number of rotatable bonds is 7. The van der Waals surface area contributed by atoms with Gasteiger partial charge in [0.05, 0.1) is 24.8 Å². The SMILES string of the molecule is COc1ccc(Cc2csc(N3CCN(S(=O)(=O)c4c(C)cc(C)cc4C)CC3)n2)cc1OC. The number of hydrogen-bond acceptors (Lipinski definition) is 7. The lowest BCUT2D eigenvalue weighted by molar-refractivity contribution is 0.354. The van der Waals surface area contributed by atoms with Gasteiger partial charge in [0.2, 0.25) is 10.0 Å². The van der Waals surface area contributed by atoms with Crippen molar-refractivity contribution < 1.29 is 17.9 Å². The number of piperazine rings is 1. The Morgan fingerprint density at radius 1 is 0.941 bits per heavy atom. The van der Waals surface area contributed by atoms with Gasteiger partial charge in [-0.05, 0) is 49.6 Å². The molecule has 1 aromatic heterocycles. The minimum Gasteiger partial charge on any atom is -0.493 e. The highest BCUT2D eigenvalue weighted by molar-refractivity contribution is 7.89. The van der Waals surface area contributed by atoms with Crippen LogP contribution in [0.2, 0.25) is 0 Å². The number of sulfonamides is 1. The summed E-state index contributed by atoms with van der Waals surface area (Å²) in [5.41, 5.74) is 4.76. The highest BCUT2D eigenvalue weighted by Gasteiger charge is 2.31. The number of anilines is 1. The topological polar surface area (TPSA) is 72.0 Å². The smallest absolute Gasteiger partial charge is 0.243 e. The second-order valence-corrected chi connectivity index (χ2v) is 11.3. The first-order valence-electron chi connectivity index (χ1n) is 11.2. The van der Waals surface area contributed by atoms with Gasteiger partial charge in [0.25, 0.3) is 0 Å². The van der Waals surface area contributed by atoms with Crippen LogP contribution >= 0.6 is 11.3 Å². The molecule has 1 saturated heterocycles. The average Bonchev–Trinajstić information content (AvgIpc) is 3.26. The summed E-state index contributed by atoms with van der Waals surface area (Å²) >= 11 is 1.60. The summed E-state index contributed by atoms with van der Waals surface area (Å²) in [7, 11) is -0.274. The van der Waals surface area contributed by atoms with Crippen molar-refractivity contribution in [3.05, 3.63) is 63.7 Å². The van der Waals surface area contributed by atoms with E-state index in [0.29, 0.717) is 49.0 Å². The molecule has 34 heavy (non-hydrogen) atoms. The van der Waals surface area contributed by atoms with Crippen LogP contribution < -0.4 is 14.4 Å². The Labute approximate surface area is 206 Å². The molecule has 0 atom stereocenters. The number of aromatic nitrogens is 1. The summed E-state index contributed by atoms with van der Waals surface area (Å²) in [6, 6.07) is 9.76. The second kappa shape index (κ2) is 9.93. The molecule has 0 radical (unpaired) electrons. The molecule has 0 saturated carbocycles. The Morgan fingerprint density at radius 2 is 1.59 bits per heavy atom. The van der Waals surface area contributed by atoms with Crippen molar-refractivity contribution in [2.24, 2.45) is 0 Å². The predicted molar refractivity (Wildman–Crippen MR) is 136 cm³/mol. The van der Waals surface area contributed by atoms with Crippen LogP contribution in [0.1, 0.15) is 27.9 Å². The number of nitrogens with zero attached hydrogens (tertiary/aromatic N) is 3. The minimum atomic E-state index is -3.53. The summed E-state index contributed by atoms with van der Waals surface area (Å²) in [6.07, 6.45) is 0.692. The fourth-order valence-corrected chi connectivity index (χ4v) is 7.26. The Balaban J connectivity index is 1.43. The average molecular weight is 502 g/mol. The standard InChI is InChI=1S/C25H31N3O4S2/c1-17-12-18(2)24(19(3)13-17)34(29,30)28-10-8-27(9-11-28)25-26-21(16-33-25)14-20-6-7-22(31-4)23(15-20)32-5/h6-7,12-13,15-16H,8-11,14H2,1-5H3. The van der Waals surface area contributed by atoms with Gasteiger partial charge >= 0.3 is 0 Å². The first-order valence-corrected chi connectivity index (χ1v) is 13.5. The van der Waals surface area contributed by atoms with Crippen LogP contribution in [0.4, 0.5) is 5.13 Å². The third-order valence-electron chi connectivity index (χ3n) is 6.08. The van der Waals surface area contributed by atoms with Gasteiger partial charge in [-0.2, -0.15) is 4.31 Å². The summed E-state index contributed by atoms with van der Waals surface area (Å²) in [4.78, 5) is 7.43. The number of benzene rings is 2. The minimum absolute atomic E-state index is 0.443. The van der Waals surface area contributed by atoms with Gasteiger partial charge in [-0.15, -0.1) is 11.3 Å². The van der Waals surface area contributed by atoms with E-state index in [-0.39, 0.29) is 0 Å². The molecular formula is C25H31N3O4S2. The van der Waals surface area contributed by atoms with E-state index in [0.717, 1.165) is 33.1 Å². The number of aryl methyl sites for hydroxylation is 3. The Hall–Kier alpha value is -2.62. The maximum absolute atomic E-state index is 13.4. The van der Waals surface area contributed by atoms with Crippen molar-refractivity contribution in [2.75, 3.05) is 45.3 Å². The normalized spacial score (nSPS) is 14.9. The van der Waals surface area contributed by atoms with Crippen LogP contribution in [-0.4, -0.2) is 58.1 Å². The van der Waals surface area contributed by atoms with Crippen molar-refractivity contribution in [2.45, 2.75) is 32.1 Å². The van der Waals surface area contributed by atoms with Crippen LogP contribution in [0.3, 0.4) is 0 Å². The number of thiazole rings is 1. The third kappa shape index (κ3) is 4.92. The van der Waals surface area contributed by atoms with Gasteiger partial charge in [-0.25, -0.2) is 13.4 Å². The molecule has 4 rings (SSSR count). The van der Waals surface area contributed by atoms with Crippen LogP contribution in [0.25, 0.3) is 0 Å². The van der Waals surface area contributed by atoms with E-state index in [1.54, 1.807) is 29.9 Å². The monoisotopic (exact) mass is 501 g/mol.